The number of nitrogens with zero attached hydrogens (tertiary/aromatic N) is 2. The first-order chi connectivity index (χ1) is 14.2. The van der Waals surface area contributed by atoms with E-state index >= 15 is 0 Å². The first-order valence-electron chi connectivity index (χ1n) is 9.98. The second kappa shape index (κ2) is 8.12. The minimum Gasteiger partial charge on any atom is -0.445 e. The summed E-state index contributed by atoms with van der Waals surface area (Å²) in [6.07, 6.45) is -5.60. The lowest BCUT2D eigenvalue weighted by Gasteiger charge is -2.27. The van der Waals surface area contributed by atoms with E-state index in [1.807, 2.05) is 27.7 Å². The van der Waals surface area contributed by atoms with Gasteiger partial charge in [-0.15, -0.1) is 13.2 Å². The van der Waals surface area contributed by atoms with E-state index in [4.69, 9.17) is 9.47 Å². The molecule has 2 saturated heterocycles. The molecule has 0 radical (unpaired) electrons. The highest BCUT2D eigenvalue weighted by atomic mass is 19.4. The van der Waals surface area contributed by atoms with Crippen molar-refractivity contribution < 1.29 is 37.0 Å². The van der Waals surface area contributed by atoms with E-state index in [0.29, 0.717) is 31.7 Å². The molecule has 0 aliphatic carbocycles. The third-order valence-corrected chi connectivity index (χ3v) is 5.40. The van der Waals surface area contributed by atoms with Crippen LogP contribution in [-0.2, 0) is 16.1 Å². The van der Waals surface area contributed by atoms with Gasteiger partial charge in [-0.05, 0) is 38.5 Å². The van der Waals surface area contributed by atoms with Crippen LogP contribution in [-0.4, -0.2) is 60.1 Å². The summed E-state index contributed by atoms with van der Waals surface area (Å²) in [6.45, 7) is 9.35. The molecule has 2 aliphatic heterocycles. The molecule has 0 saturated carbocycles. The number of fused-ring (bicyclic) bond motifs is 1. The number of hydrogen-bond acceptors (Lipinski definition) is 5. The average molecular weight is 444 g/mol. The summed E-state index contributed by atoms with van der Waals surface area (Å²) in [7, 11) is 0. The predicted octanol–water partition coefficient (Wildman–Crippen LogP) is 4.41. The molecular formula is C21H27F3N2O5. The van der Waals surface area contributed by atoms with Crippen LogP contribution in [0.15, 0.2) is 24.3 Å². The maximum absolute atomic E-state index is 12.5. The van der Waals surface area contributed by atoms with Crippen LogP contribution in [0.25, 0.3) is 0 Å². The van der Waals surface area contributed by atoms with E-state index in [-0.39, 0.29) is 29.8 Å². The number of likely N-dealkylation sites (tertiary alicyclic amines) is 2. The number of rotatable bonds is 3. The van der Waals surface area contributed by atoms with E-state index in [1.54, 1.807) is 9.80 Å². The van der Waals surface area contributed by atoms with E-state index in [0.717, 1.165) is 0 Å². The van der Waals surface area contributed by atoms with Gasteiger partial charge in [-0.1, -0.05) is 19.1 Å². The fourth-order valence-corrected chi connectivity index (χ4v) is 3.97. The van der Waals surface area contributed by atoms with Crippen LogP contribution in [0, 0.1) is 11.3 Å². The lowest BCUT2D eigenvalue weighted by atomic mass is 9.83. The van der Waals surface area contributed by atoms with Crippen molar-refractivity contribution in [2.75, 3.05) is 26.2 Å². The highest BCUT2D eigenvalue weighted by Crippen LogP contribution is 2.42. The Bertz CT molecular complexity index is 822. The number of alkyl halides is 3. The molecule has 2 atom stereocenters. The minimum absolute atomic E-state index is 0.0625. The summed E-state index contributed by atoms with van der Waals surface area (Å²) in [4.78, 5) is 28.1. The zero-order valence-electron chi connectivity index (χ0n) is 18.0. The lowest BCUT2D eigenvalue weighted by Crippen LogP contribution is -2.40. The summed E-state index contributed by atoms with van der Waals surface area (Å²) in [5.41, 5.74) is -0.265. The molecule has 0 aromatic heterocycles. The molecule has 0 N–H and O–H groups in total. The summed E-state index contributed by atoms with van der Waals surface area (Å²) < 4.78 is 51.2. The zero-order valence-corrected chi connectivity index (χ0v) is 18.0. The number of carbonyl (C=O) groups is 2. The quantitative estimate of drug-likeness (QED) is 0.691. The van der Waals surface area contributed by atoms with Gasteiger partial charge in [-0.3, -0.25) is 0 Å². The maximum atomic E-state index is 12.5. The van der Waals surface area contributed by atoms with Crippen LogP contribution >= 0.6 is 0 Å². The van der Waals surface area contributed by atoms with Crippen LogP contribution in [0.5, 0.6) is 5.75 Å². The molecule has 2 aliphatic rings. The third kappa shape index (κ3) is 5.95. The fraction of sp³-hybridized carbons (Fsp3) is 0.619. The zero-order chi connectivity index (χ0) is 23.0. The number of carbonyl (C=O) groups excluding carboxylic acids is 2. The van der Waals surface area contributed by atoms with E-state index in [2.05, 4.69) is 4.74 Å². The van der Waals surface area contributed by atoms with Crippen molar-refractivity contribution in [3.8, 4) is 5.75 Å². The number of halogens is 3. The van der Waals surface area contributed by atoms with Gasteiger partial charge in [0.25, 0.3) is 0 Å². The first-order valence-corrected chi connectivity index (χ1v) is 9.98. The molecule has 1 aromatic carbocycles. The highest BCUT2D eigenvalue weighted by Gasteiger charge is 2.52. The van der Waals surface area contributed by atoms with Crippen LogP contribution in [0.2, 0.25) is 0 Å². The molecule has 172 valence electrons. The van der Waals surface area contributed by atoms with Gasteiger partial charge in [0.1, 0.15) is 18.0 Å². The lowest BCUT2D eigenvalue weighted by molar-refractivity contribution is -0.274. The molecular weight excluding hydrogens is 417 g/mol. The number of amides is 2. The van der Waals surface area contributed by atoms with Gasteiger partial charge in [0.2, 0.25) is 0 Å². The molecule has 7 nitrogen and oxygen atoms in total. The molecule has 0 spiro atoms. The van der Waals surface area contributed by atoms with Crippen molar-refractivity contribution in [1.29, 1.82) is 0 Å². The van der Waals surface area contributed by atoms with Crippen molar-refractivity contribution in [3.63, 3.8) is 0 Å². The van der Waals surface area contributed by atoms with Gasteiger partial charge < -0.3 is 24.0 Å². The SMILES string of the molecule is CC(C)(C)OC(=O)N1C[C@H]2CN(C(=O)OCc3ccc(OC(F)(F)F)cc3)C[C@]2(C)C1. The Kier molecular flexibility index (Phi) is 6.03. The summed E-state index contributed by atoms with van der Waals surface area (Å²) in [5, 5.41) is 0. The minimum atomic E-state index is -4.75. The predicted molar refractivity (Wildman–Crippen MR) is 104 cm³/mol. The molecule has 0 bridgehead atoms. The Morgan fingerprint density at radius 3 is 2.06 bits per heavy atom. The second-order valence-corrected chi connectivity index (χ2v) is 9.34. The van der Waals surface area contributed by atoms with Crippen LogP contribution in [0.3, 0.4) is 0 Å². The Morgan fingerprint density at radius 2 is 1.58 bits per heavy atom. The van der Waals surface area contributed by atoms with Gasteiger partial charge in [0.15, 0.2) is 0 Å². The largest absolute Gasteiger partial charge is 0.573 e. The Labute approximate surface area is 179 Å². The molecule has 10 heteroatoms. The van der Waals surface area contributed by atoms with E-state index in [9.17, 15) is 22.8 Å². The number of ether oxygens (including phenoxy) is 3. The number of benzene rings is 1. The van der Waals surface area contributed by atoms with Gasteiger partial charge in [-0.2, -0.15) is 0 Å². The molecule has 0 unspecified atom stereocenters. The molecule has 2 heterocycles. The summed E-state index contributed by atoms with van der Waals surface area (Å²) >= 11 is 0. The van der Waals surface area contributed by atoms with Crippen molar-refractivity contribution >= 4 is 12.2 Å². The topological polar surface area (TPSA) is 68.3 Å². The third-order valence-electron chi connectivity index (χ3n) is 5.40. The van der Waals surface area contributed by atoms with Crippen molar-refractivity contribution in [1.82, 2.24) is 9.80 Å². The smallest absolute Gasteiger partial charge is 0.445 e. The van der Waals surface area contributed by atoms with Gasteiger partial charge in [-0.25, -0.2) is 9.59 Å². The van der Waals surface area contributed by atoms with Crippen LogP contribution in [0.4, 0.5) is 22.8 Å². The van der Waals surface area contributed by atoms with Gasteiger partial charge in [0, 0.05) is 37.5 Å². The van der Waals surface area contributed by atoms with Crippen LogP contribution < -0.4 is 4.74 Å². The monoisotopic (exact) mass is 444 g/mol. The normalized spacial score (nSPS) is 23.5. The van der Waals surface area contributed by atoms with E-state index in [1.165, 1.54) is 24.3 Å². The molecule has 2 fully saturated rings. The van der Waals surface area contributed by atoms with E-state index < -0.39 is 18.1 Å². The number of hydrogen-bond donors (Lipinski definition) is 0. The highest BCUT2D eigenvalue weighted by molar-refractivity contribution is 5.70. The van der Waals surface area contributed by atoms with Crippen molar-refractivity contribution in [2.24, 2.45) is 11.3 Å². The summed E-state index contributed by atoms with van der Waals surface area (Å²) in [6, 6.07) is 5.16. The average Bonchev–Trinajstić information content (AvgIpc) is 3.10. The molecule has 31 heavy (non-hydrogen) atoms. The molecule has 3 rings (SSSR count). The Morgan fingerprint density at radius 1 is 1.03 bits per heavy atom. The van der Waals surface area contributed by atoms with Crippen molar-refractivity contribution in [3.05, 3.63) is 29.8 Å². The first kappa shape index (κ1) is 23.0. The maximum Gasteiger partial charge on any atom is 0.573 e. The Hall–Kier alpha value is -2.65. The fourth-order valence-electron chi connectivity index (χ4n) is 3.97. The molecule has 2 amide bonds. The standard InChI is InChI=1S/C21H27F3N2O5/c1-19(2,3)31-18(28)26-10-15-9-25(12-20(15,4)13-26)17(27)29-11-14-5-7-16(8-6-14)30-21(22,23)24/h5-8,15H,9-13H2,1-4H3/t15-,20-/m1/s1. The summed E-state index contributed by atoms with van der Waals surface area (Å²) in [5.74, 6) is -0.219. The van der Waals surface area contributed by atoms with Crippen LogP contribution in [0.1, 0.15) is 33.3 Å². The van der Waals surface area contributed by atoms with Gasteiger partial charge in [0.05, 0.1) is 0 Å². The molecule has 1 aromatic rings. The second-order valence-electron chi connectivity index (χ2n) is 9.34. The Balaban J connectivity index is 1.49. The van der Waals surface area contributed by atoms with Gasteiger partial charge >= 0.3 is 18.5 Å². The van der Waals surface area contributed by atoms with Crippen molar-refractivity contribution in [2.45, 2.75) is 46.3 Å².